The van der Waals surface area contributed by atoms with E-state index >= 15 is 0 Å². The minimum absolute atomic E-state index is 0.160. The highest BCUT2D eigenvalue weighted by molar-refractivity contribution is 7.17. The first-order chi connectivity index (χ1) is 17.1. The quantitative estimate of drug-likeness (QED) is 0.420. The topological polar surface area (TPSA) is 63.3 Å². The van der Waals surface area contributed by atoms with Crippen molar-refractivity contribution in [3.63, 3.8) is 0 Å². The Bertz CT molecular complexity index is 1370. The Morgan fingerprint density at radius 3 is 2.69 bits per heavy atom. The fourth-order valence-electron chi connectivity index (χ4n) is 4.04. The molecule has 3 aromatic rings. The molecule has 1 aromatic heterocycles. The highest BCUT2D eigenvalue weighted by Gasteiger charge is 2.20. The third kappa shape index (κ3) is 5.37. The zero-order chi connectivity index (χ0) is 24.2. The number of hydrogen-bond donors (Lipinski definition) is 2. The van der Waals surface area contributed by atoms with Crippen LogP contribution in [0.3, 0.4) is 0 Å². The van der Waals surface area contributed by atoms with Crippen molar-refractivity contribution in [2.24, 2.45) is 16.6 Å². The van der Waals surface area contributed by atoms with Gasteiger partial charge in [-0.3, -0.25) is 4.99 Å². The van der Waals surface area contributed by atoms with Crippen LogP contribution >= 0.6 is 11.3 Å². The van der Waals surface area contributed by atoms with Crippen LogP contribution in [0, 0.1) is 17.6 Å². The fraction of sp³-hybridized carbons (Fsp3) is 0.143. The minimum atomic E-state index is -0.320. The molecule has 0 saturated carbocycles. The molecule has 2 aliphatic rings. The number of nitrogens with zero attached hydrogens (tertiary/aromatic N) is 2. The zero-order valence-corrected chi connectivity index (χ0v) is 19.7. The average Bonchev–Trinajstić information content (AvgIpc) is 3.17. The molecule has 7 heteroatoms. The number of thiazole rings is 1. The van der Waals surface area contributed by atoms with Crippen LogP contribution < -0.4 is 11.1 Å². The first kappa shape index (κ1) is 23.1. The van der Waals surface area contributed by atoms with Gasteiger partial charge < -0.3 is 11.1 Å². The number of anilines is 1. The predicted molar refractivity (Wildman–Crippen MR) is 140 cm³/mol. The van der Waals surface area contributed by atoms with E-state index in [2.05, 4.69) is 22.5 Å². The van der Waals surface area contributed by atoms with Crippen LogP contribution in [-0.2, 0) is 6.42 Å². The summed E-state index contributed by atoms with van der Waals surface area (Å²) >= 11 is 1.47. The fourth-order valence-corrected chi connectivity index (χ4v) is 5.03. The molecular weight excluding hydrogens is 462 g/mol. The van der Waals surface area contributed by atoms with Crippen LogP contribution in [0.1, 0.15) is 10.4 Å². The summed E-state index contributed by atoms with van der Waals surface area (Å²) in [6, 6.07) is 12.8. The summed E-state index contributed by atoms with van der Waals surface area (Å²) in [5, 5.41) is 3.98. The van der Waals surface area contributed by atoms with Crippen molar-refractivity contribution < 1.29 is 8.78 Å². The van der Waals surface area contributed by atoms with Crippen LogP contribution in [0.15, 0.2) is 95.7 Å². The van der Waals surface area contributed by atoms with Crippen molar-refractivity contribution in [1.29, 1.82) is 0 Å². The Morgan fingerprint density at radius 1 is 1.03 bits per heavy atom. The molecular formula is C28H24F2N4S. The van der Waals surface area contributed by atoms with Crippen molar-refractivity contribution in [2.45, 2.75) is 12.5 Å². The number of fused-ring (bicyclic) bond motifs is 1. The number of hydrogen-bond acceptors (Lipinski definition) is 5. The van der Waals surface area contributed by atoms with E-state index in [4.69, 9.17) is 10.7 Å². The van der Waals surface area contributed by atoms with Gasteiger partial charge in [-0.25, -0.2) is 13.8 Å². The van der Waals surface area contributed by atoms with E-state index in [9.17, 15) is 8.78 Å². The summed E-state index contributed by atoms with van der Waals surface area (Å²) in [6.45, 7) is 0.476. The van der Waals surface area contributed by atoms with Gasteiger partial charge in [-0.15, -0.1) is 0 Å². The summed E-state index contributed by atoms with van der Waals surface area (Å²) in [5.74, 6) is -0.427. The molecule has 2 aromatic carbocycles. The number of nitrogens with two attached hydrogens (primary N) is 1. The molecule has 176 valence electrons. The molecule has 3 N–H and O–H groups in total. The molecule has 5 rings (SSSR count). The Kier molecular flexibility index (Phi) is 6.79. The highest BCUT2D eigenvalue weighted by Crippen LogP contribution is 2.39. The second-order valence-electron chi connectivity index (χ2n) is 8.44. The lowest BCUT2D eigenvalue weighted by molar-refractivity contribution is 0.625. The van der Waals surface area contributed by atoms with Crippen molar-refractivity contribution in [3.8, 4) is 11.3 Å². The van der Waals surface area contributed by atoms with Crippen molar-refractivity contribution in [1.82, 2.24) is 4.98 Å². The summed E-state index contributed by atoms with van der Waals surface area (Å²) < 4.78 is 27.9. The lowest BCUT2D eigenvalue weighted by Gasteiger charge is -2.12. The van der Waals surface area contributed by atoms with E-state index in [-0.39, 0.29) is 23.6 Å². The maximum atomic E-state index is 14.8. The van der Waals surface area contributed by atoms with Gasteiger partial charge in [0.15, 0.2) is 5.13 Å². The highest BCUT2D eigenvalue weighted by atomic mass is 32.1. The first-order valence-electron chi connectivity index (χ1n) is 11.4. The number of rotatable bonds is 7. The second-order valence-corrected chi connectivity index (χ2v) is 9.44. The molecule has 35 heavy (non-hydrogen) atoms. The van der Waals surface area contributed by atoms with Gasteiger partial charge in [-0.05, 0) is 47.4 Å². The normalized spacial score (nSPS) is 17.4. The molecule has 0 amide bonds. The molecule has 2 atom stereocenters. The lowest BCUT2D eigenvalue weighted by Crippen LogP contribution is -2.31. The predicted octanol–water partition coefficient (Wildman–Crippen LogP) is 6.16. The average molecular weight is 487 g/mol. The maximum absolute atomic E-state index is 14.8. The van der Waals surface area contributed by atoms with Crippen LogP contribution in [0.4, 0.5) is 13.9 Å². The van der Waals surface area contributed by atoms with Gasteiger partial charge in [0.05, 0.1) is 10.6 Å². The van der Waals surface area contributed by atoms with Gasteiger partial charge in [-0.1, -0.05) is 66.0 Å². The Balaban J connectivity index is 1.41. The van der Waals surface area contributed by atoms with Gasteiger partial charge in [0.25, 0.3) is 0 Å². The van der Waals surface area contributed by atoms with Crippen molar-refractivity contribution in [2.75, 3.05) is 11.9 Å². The van der Waals surface area contributed by atoms with Crippen LogP contribution in [-0.4, -0.2) is 23.8 Å². The summed E-state index contributed by atoms with van der Waals surface area (Å²) in [6.07, 6.45) is 14.5. The molecule has 0 saturated heterocycles. The van der Waals surface area contributed by atoms with Gasteiger partial charge in [-0.2, -0.15) is 0 Å². The Labute approximate surface area is 206 Å². The molecule has 1 aliphatic carbocycles. The molecule has 0 radical (unpaired) electrons. The number of benzene rings is 2. The molecule has 1 unspecified atom stereocenters. The lowest BCUT2D eigenvalue weighted by atomic mass is 9.98. The van der Waals surface area contributed by atoms with Gasteiger partial charge in [0.2, 0.25) is 0 Å². The molecule has 2 heterocycles. The molecule has 0 bridgehead atoms. The SMILES string of the molecule is N[C@H](CNc1nc(-c2ccccc2F)c(C2=CC=C3C=NC=CC3C=C2)s1)Cc1ccc(F)cc1. The summed E-state index contributed by atoms with van der Waals surface area (Å²) in [7, 11) is 0. The monoisotopic (exact) mass is 486 g/mol. The first-order valence-corrected chi connectivity index (χ1v) is 12.2. The molecule has 0 fully saturated rings. The van der Waals surface area contributed by atoms with Crippen LogP contribution in [0.2, 0.25) is 0 Å². The Morgan fingerprint density at radius 2 is 1.86 bits per heavy atom. The smallest absolute Gasteiger partial charge is 0.183 e. The molecule has 0 spiro atoms. The summed E-state index contributed by atoms with van der Waals surface area (Å²) in [5.41, 5.74) is 10.4. The minimum Gasteiger partial charge on any atom is -0.360 e. The number of nitrogens with one attached hydrogen (secondary N) is 1. The van der Waals surface area contributed by atoms with E-state index in [1.54, 1.807) is 30.5 Å². The number of halogens is 2. The third-order valence-electron chi connectivity index (χ3n) is 5.87. The van der Waals surface area contributed by atoms with Crippen LogP contribution in [0.25, 0.3) is 16.8 Å². The van der Waals surface area contributed by atoms with E-state index in [1.165, 1.54) is 29.5 Å². The summed E-state index contributed by atoms with van der Waals surface area (Å²) in [4.78, 5) is 9.85. The van der Waals surface area contributed by atoms with E-state index in [1.807, 2.05) is 30.5 Å². The van der Waals surface area contributed by atoms with E-state index in [0.29, 0.717) is 29.4 Å². The largest absolute Gasteiger partial charge is 0.360 e. The number of allylic oxidation sites excluding steroid dienone is 7. The molecule has 4 nitrogen and oxygen atoms in total. The second kappa shape index (κ2) is 10.3. The Hall–Kier alpha value is -3.68. The van der Waals surface area contributed by atoms with Gasteiger partial charge >= 0.3 is 0 Å². The van der Waals surface area contributed by atoms with Crippen LogP contribution in [0.5, 0.6) is 0 Å². The molecule has 1 aliphatic heterocycles. The van der Waals surface area contributed by atoms with E-state index in [0.717, 1.165) is 21.6 Å². The third-order valence-corrected chi connectivity index (χ3v) is 6.93. The number of aliphatic imine (C=N–C) groups is 1. The van der Waals surface area contributed by atoms with Gasteiger partial charge in [0.1, 0.15) is 11.6 Å². The zero-order valence-electron chi connectivity index (χ0n) is 18.9. The van der Waals surface area contributed by atoms with Crippen molar-refractivity contribution >= 4 is 28.3 Å². The number of aromatic nitrogens is 1. The standard InChI is InChI=1S/C28H24F2N4S/c29-22-11-5-18(6-12-22)15-23(31)17-33-28-34-26(24-3-1-2-4-25(24)30)27(35-28)20-8-7-19-13-14-32-16-21(19)10-9-20/h1-14,16,19,23H,15,17,31H2,(H,33,34)/t19?,23-/m0/s1. The van der Waals surface area contributed by atoms with Crippen molar-refractivity contribution in [3.05, 3.63) is 113 Å². The maximum Gasteiger partial charge on any atom is 0.183 e. The van der Waals surface area contributed by atoms with Gasteiger partial charge in [0, 0.05) is 36.5 Å². The van der Waals surface area contributed by atoms with E-state index < -0.39 is 0 Å².